The van der Waals surface area contributed by atoms with Crippen LogP contribution in [0.5, 0.6) is 5.75 Å². The molecule has 1 unspecified atom stereocenters. The molecule has 23 heavy (non-hydrogen) atoms. The summed E-state index contributed by atoms with van der Waals surface area (Å²) in [6.45, 7) is 2.22. The summed E-state index contributed by atoms with van der Waals surface area (Å²) in [6, 6.07) is 10.8. The second-order valence-corrected chi connectivity index (χ2v) is 5.52. The molecule has 2 rings (SSSR count). The van der Waals surface area contributed by atoms with Gasteiger partial charge in [-0.3, -0.25) is 4.79 Å². The second-order valence-electron chi connectivity index (χ2n) is 5.11. The monoisotopic (exact) mass is 337 g/mol. The number of ether oxygens (including phenoxy) is 1. The Kier molecular flexibility index (Phi) is 5.96. The standard InChI is InChI=1S/C17H17ClFNO3/c1-11(17(21)22)20-9-12-3-2-4-15(7-12)23-10-13-5-6-14(19)8-16(13)18/h2-8,11,20H,9-10H2,1H3,(H,21,22). The first-order valence-corrected chi connectivity index (χ1v) is 7.45. The molecule has 0 amide bonds. The van der Waals surface area contributed by atoms with Gasteiger partial charge >= 0.3 is 5.97 Å². The molecule has 4 nitrogen and oxygen atoms in total. The van der Waals surface area contributed by atoms with Crippen LogP contribution in [0.2, 0.25) is 5.02 Å². The zero-order chi connectivity index (χ0) is 16.8. The van der Waals surface area contributed by atoms with Crippen molar-refractivity contribution >= 4 is 17.6 Å². The van der Waals surface area contributed by atoms with Crippen LogP contribution in [0.3, 0.4) is 0 Å². The summed E-state index contributed by atoms with van der Waals surface area (Å²) in [5, 5.41) is 12.1. The maximum atomic E-state index is 13.0. The van der Waals surface area contributed by atoms with Gasteiger partial charge in [0.2, 0.25) is 0 Å². The van der Waals surface area contributed by atoms with Gasteiger partial charge in [-0.25, -0.2) is 4.39 Å². The van der Waals surface area contributed by atoms with E-state index in [1.54, 1.807) is 19.1 Å². The van der Waals surface area contributed by atoms with Gasteiger partial charge in [-0.05, 0) is 36.8 Å². The Morgan fingerprint density at radius 1 is 1.35 bits per heavy atom. The van der Waals surface area contributed by atoms with E-state index in [0.717, 1.165) is 5.56 Å². The number of carbonyl (C=O) groups is 1. The molecule has 6 heteroatoms. The largest absolute Gasteiger partial charge is 0.489 e. The number of aliphatic carboxylic acids is 1. The van der Waals surface area contributed by atoms with Crippen molar-refractivity contribution in [2.45, 2.75) is 26.1 Å². The highest BCUT2D eigenvalue weighted by molar-refractivity contribution is 6.31. The lowest BCUT2D eigenvalue weighted by Gasteiger charge is -2.11. The normalized spacial score (nSPS) is 12.0. The van der Waals surface area contributed by atoms with Crippen molar-refractivity contribution in [2.75, 3.05) is 0 Å². The SMILES string of the molecule is CC(NCc1cccc(OCc2ccc(F)cc2Cl)c1)C(=O)O. The van der Waals surface area contributed by atoms with Crippen molar-refractivity contribution < 1.29 is 19.0 Å². The third kappa shape index (κ3) is 5.23. The molecule has 0 saturated heterocycles. The molecule has 0 heterocycles. The van der Waals surface area contributed by atoms with Gasteiger partial charge in [0.1, 0.15) is 24.2 Å². The lowest BCUT2D eigenvalue weighted by Crippen LogP contribution is -2.33. The van der Waals surface area contributed by atoms with Crippen LogP contribution in [-0.4, -0.2) is 17.1 Å². The molecule has 0 aliphatic rings. The fraction of sp³-hybridized carbons (Fsp3) is 0.235. The number of carboxylic acid groups (broad SMARTS) is 1. The van der Waals surface area contributed by atoms with Gasteiger partial charge < -0.3 is 15.2 Å². The van der Waals surface area contributed by atoms with Crippen LogP contribution >= 0.6 is 11.6 Å². The highest BCUT2D eigenvalue weighted by atomic mass is 35.5. The maximum Gasteiger partial charge on any atom is 0.320 e. The van der Waals surface area contributed by atoms with Crippen molar-refractivity contribution in [1.82, 2.24) is 5.32 Å². The van der Waals surface area contributed by atoms with Crippen molar-refractivity contribution in [1.29, 1.82) is 0 Å². The van der Waals surface area contributed by atoms with Crippen molar-refractivity contribution in [3.63, 3.8) is 0 Å². The first-order chi connectivity index (χ1) is 11.0. The van der Waals surface area contributed by atoms with Crippen molar-refractivity contribution in [2.24, 2.45) is 0 Å². The van der Waals surface area contributed by atoms with Crippen LogP contribution in [0.25, 0.3) is 0 Å². The molecule has 0 saturated carbocycles. The minimum atomic E-state index is -0.900. The quantitative estimate of drug-likeness (QED) is 0.810. The van der Waals surface area contributed by atoms with Crippen LogP contribution in [0.15, 0.2) is 42.5 Å². The summed E-state index contributed by atoms with van der Waals surface area (Å²) < 4.78 is 18.7. The predicted octanol–water partition coefficient (Wildman–Crippen LogP) is 3.62. The van der Waals surface area contributed by atoms with E-state index in [4.69, 9.17) is 21.4 Å². The van der Waals surface area contributed by atoms with Crippen LogP contribution in [-0.2, 0) is 17.9 Å². The summed E-state index contributed by atoms with van der Waals surface area (Å²) in [5.74, 6) is -0.657. The molecule has 0 aliphatic heterocycles. The predicted molar refractivity (Wildman–Crippen MR) is 86.1 cm³/mol. The van der Waals surface area contributed by atoms with E-state index in [9.17, 15) is 9.18 Å². The molecule has 1 atom stereocenters. The molecule has 2 aromatic carbocycles. The van der Waals surface area contributed by atoms with E-state index in [1.807, 2.05) is 18.2 Å². The molecule has 2 aromatic rings. The number of benzene rings is 2. The van der Waals surface area contributed by atoms with Crippen LogP contribution in [0, 0.1) is 5.82 Å². The van der Waals surface area contributed by atoms with Gasteiger partial charge in [0, 0.05) is 12.1 Å². The van der Waals surface area contributed by atoms with E-state index in [1.165, 1.54) is 12.1 Å². The fourth-order valence-electron chi connectivity index (χ4n) is 1.90. The molecule has 0 aromatic heterocycles. The van der Waals surface area contributed by atoms with Gasteiger partial charge in [-0.1, -0.05) is 29.8 Å². The zero-order valence-corrected chi connectivity index (χ0v) is 13.3. The molecule has 2 N–H and O–H groups in total. The number of carboxylic acids is 1. The highest BCUT2D eigenvalue weighted by Crippen LogP contribution is 2.20. The molecule has 0 bridgehead atoms. The number of hydrogen-bond acceptors (Lipinski definition) is 3. The van der Waals surface area contributed by atoms with Crippen LogP contribution in [0.1, 0.15) is 18.1 Å². The molecule has 0 spiro atoms. The molecular formula is C17H17ClFNO3. The minimum Gasteiger partial charge on any atom is -0.489 e. The number of halogens is 2. The number of rotatable bonds is 7. The third-order valence-corrected chi connectivity index (χ3v) is 3.64. The smallest absolute Gasteiger partial charge is 0.320 e. The second kappa shape index (κ2) is 7.94. The summed E-state index contributed by atoms with van der Waals surface area (Å²) in [7, 11) is 0. The molecule has 0 fully saturated rings. The molecule has 0 radical (unpaired) electrons. The van der Waals surface area contributed by atoms with Gasteiger partial charge in [0.25, 0.3) is 0 Å². The van der Waals surface area contributed by atoms with E-state index in [2.05, 4.69) is 5.32 Å². The zero-order valence-electron chi connectivity index (χ0n) is 12.6. The average Bonchev–Trinajstić information content (AvgIpc) is 2.52. The molecule has 0 aliphatic carbocycles. The van der Waals surface area contributed by atoms with Crippen LogP contribution in [0.4, 0.5) is 4.39 Å². The Labute approximate surface area is 138 Å². The molecule has 122 valence electrons. The lowest BCUT2D eigenvalue weighted by molar-refractivity contribution is -0.139. The first-order valence-electron chi connectivity index (χ1n) is 7.07. The first kappa shape index (κ1) is 17.2. The maximum absolute atomic E-state index is 13.0. The highest BCUT2D eigenvalue weighted by Gasteiger charge is 2.09. The Bertz CT molecular complexity index is 693. The van der Waals surface area contributed by atoms with E-state index in [-0.39, 0.29) is 12.4 Å². The number of hydrogen-bond donors (Lipinski definition) is 2. The van der Waals surface area contributed by atoms with E-state index >= 15 is 0 Å². The lowest BCUT2D eigenvalue weighted by atomic mass is 10.2. The van der Waals surface area contributed by atoms with Gasteiger partial charge in [0.05, 0.1) is 5.02 Å². The fourth-order valence-corrected chi connectivity index (χ4v) is 2.13. The average molecular weight is 338 g/mol. The minimum absolute atomic E-state index is 0.224. The Morgan fingerprint density at radius 3 is 2.83 bits per heavy atom. The Balaban J connectivity index is 1.95. The van der Waals surface area contributed by atoms with Gasteiger partial charge in [-0.15, -0.1) is 0 Å². The Morgan fingerprint density at radius 2 is 2.13 bits per heavy atom. The topological polar surface area (TPSA) is 58.6 Å². The number of nitrogens with one attached hydrogen (secondary N) is 1. The summed E-state index contributed by atoms with van der Waals surface area (Å²) in [5.41, 5.74) is 1.59. The van der Waals surface area contributed by atoms with Crippen LogP contribution < -0.4 is 10.1 Å². The third-order valence-electron chi connectivity index (χ3n) is 3.29. The van der Waals surface area contributed by atoms with Gasteiger partial charge in [0.15, 0.2) is 0 Å². The van der Waals surface area contributed by atoms with E-state index < -0.39 is 12.0 Å². The summed E-state index contributed by atoms with van der Waals surface area (Å²) in [4.78, 5) is 10.8. The summed E-state index contributed by atoms with van der Waals surface area (Å²) >= 11 is 5.96. The van der Waals surface area contributed by atoms with Crippen molar-refractivity contribution in [3.05, 3.63) is 64.4 Å². The van der Waals surface area contributed by atoms with E-state index in [0.29, 0.717) is 22.9 Å². The van der Waals surface area contributed by atoms with Gasteiger partial charge in [-0.2, -0.15) is 0 Å². The summed E-state index contributed by atoms with van der Waals surface area (Å²) in [6.07, 6.45) is 0. The molecular weight excluding hydrogens is 321 g/mol. The van der Waals surface area contributed by atoms with Crippen molar-refractivity contribution in [3.8, 4) is 5.75 Å². The Hall–Kier alpha value is -2.11.